The minimum atomic E-state index is 0.289. The van der Waals surface area contributed by atoms with E-state index in [1.165, 1.54) is 11.1 Å². The van der Waals surface area contributed by atoms with E-state index in [2.05, 4.69) is 60.4 Å². The van der Waals surface area contributed by atoms with Crippen molar-refractivity contribution in [3.63, 3.8) is 0 Å². The van der Waals surface area contributed by atoms with Crippen molar-refractivity contribution in [2.45, 2.75) is 24.9 Å². The Morgan fingerprint density at radius 1 is 1.00 bits per heavy atom. The van der Waals surface area contributed by atoms with Gasteiger partial charge in [-0.25, -0.2) is 0 Å². The van der Waals surface area contributed by atoms with Crippen LogP contribution in [0.3, 0.4) is 0 Å². The number of benzene rings is 2. The van der Waals surface area contributed by atoms with Gasteiger partial charge in [-0.3, -0.25) is 0 Å². The molecule has 1 unspecified atom stereocenters. The molecule has 2 aromatic rings. The molecule has 0 bridgehead atoms. The predicted molar refractivity (Wildman–Crippen MR) is 86.8 cm³/mol. The van der Waals surface area contributed by atoms with Crippen LogP contribution in [0.5, 0.6) is 0 Å². The molecule has 0 fully saturated rings. The molecule has 1 nitrogen and oxygen atoms in total. The first-order chi connectivity index (χ1) is 9.83. The number of alkyl halides is 1. The molecule has 0 saturated heterocycles. The second-order valence-corrected chi connectivity index (χ2v) is 5.09. The third kappa shape index (κ3) is 4.22. The lowest BCUT2D eigenvalue weighted by Crippen LogP contribution is -2.20. The number of nitrogens with one attached hydrogen (secondary N) is 1. The average Bonchev–Trinajstić information content (AvgIpc) is 2.52. The monoisotopic (exact) mass is 285 g/mol. The van der Waals surface area contributed by atoms with Gasteiger partial charge in [-0.15, -0.1) is 18.2 Å². The molecule has 1 atom stereocenters. The smallest absolute Gasteiger partial charge is 0.0474 e. The van der Waals surface area contributed by atoms with Gasteiger partial charge in [0.2, 0.25) is 0 Å². The molecule has 0 aliphatic heterocycles. The highest BCUT2D eigenvalue weighted by molar-refractivity contribution is 6.17. The van der Waals surface area contributed by atoms with Crippen LogP contribution < -0.4 is 5.32 Å². The highest BCUT2D eigenvalue weighted by Crippen LogP contribution is 2.19. The maximum Gasteiger partial charge on any atom is 0.0474 e. The zero-order chi connectivity index (χ0) is 14.2. The third-order valence-corrected chi connectivity index (χ3v) is 3.64. The number of halogens is 1. The molecule has 0 radical (unpaired) electrons. The molecule has 0 aliphatic rings. The lowest BCUT2D eigenvalue weighted by Gasteiger charge is -2.18. The van der Waals surface area contributed by atoms with E-state index in [0.717, 1.165) is 18.5 Å². The molecular formula is C18H20ClN. The van der Waals surface area contributed by atoms with E-state index in [1.54, 1.807) is 0 Å². The highest BCUT2D eigenvalue weighted by atomic mass is 35.5. The Morgan fingerprint density at radius 3 is 2.30 bits per heavy atom. The van der Waals surface area contributed by atoms with Gasteiger partial charge in [-0.05, 0) is 23.1 Å². The van der Waals surface area contributed by atoms with Crippen LogP contribution in [0.2, 0.25) is 0 Å². The Labute approximate surface area is 126 Å². The first-order valence-electron chi connectivity index (χ1n) is 6.86. The highest BCUT2D eigenvalue weighted by Gasteiger charge is 2.09. The predicted octanol–water partition coefficient (Wildman–Crippen LogP) is 4.83. The molecule has 0 heterocycles. The number of rotatable bonds is 7. The largest absolute Gasteiger partial charge is 0.306 e. The summed E-state index contributed by atoms with van der Waals surface area (Å²) in [6.07, 6.45) is 2.87. The van der Waals surface area contributed by atoms with E-state index < -0.39 is 0 Å². The van der Waals surface area contributed by atoms with Crippen molar-refractivity contribution >= 4 is 11.6 Å². The summed E-state index contributed by atoms with van der Waals surface area (Å²) in [6, 6.07) is 19.2. The summed E-state index contributed by atoms with van der Waals surface area (Å²) in [5.41, 5.74) is 3.71. The summed E-state index contributed by atoms with van der Waals surface area (Å²) in [5.74, 6) is 0.559. The molecule has 0 aliphatic carbocycles. The van der Waals surface area contributed by atoms with Crippen LogP contribution in [0.15, 0.2) is 67.3 Å². The van der Waals surface area contributed by atoms with E-state index in [9.17, 15) is 0 Å². The lowest BCUT2D eigenvalue weighted by molar-refractivity contribution is 0.539. The van der Waals surface area contributed by atoms with Crippen molar-refractivity contribution in [1.82, 2.24) is 5.32 Å². The number of hydrogen-bond donors (Lipinski definition) is 1. The molecule has 104 valence electrons. The van der Waals surface area contributed by atoms with Crippen LogP contribution in [0, 0.1) is 0 Å². The molecule has 0 saturated carbocycles. The summed E-state index contributed by atoms with van der Waals surface area (Å²) in [5, 5.41) is 3.59. The Kier molecular flexibility index (Phi) is 5.85. The summed E-state index contributed by atoms with van der Waals surface area (Å²) in [6.45, 7) is 4.71. The van der Waals surface area contributed by atoms with Crippen molar-refractivity contribution < 1.29 is 0 Å². The van der Waals surface area contributed by atoms with Gasteiger partial charge in [0.25, 0.3) is 0 Å². The fourth-order valence-corrected chi connectivity index (χ4v) is 2.36. The van der Waals surface area contributed by atoms with Gasteiger partial charge < -0.3 is 5.32 Å². The van der Waals surface area contributed by atoms with Crippen LogP contribution >= 0.6 is 11.6 Å². The van der Waals surface area contributed by atoms with Gasteiger partial charge in [0.1, 0.15) is 0 Å². The Balaban J connectivity index is 2.04. The molecule has 2 rings (SSSR count). The van der Waals surface area contributed by atoms with Crippen LogP contribution in [-0.4, -0.2) is 0 Å². The quantitative estimate of drug-likeness (QED) is 0.567. The minimum absolute atomic E-state index is 0.289. The van der Waals surface area contributed by atoms with Crippen molar-refractivity contribution in [3.05, 3.63) is 83.9 Å². The lowest BCUT2D eigenvalue weighted by atomic mass is 10.0. The second-order valence-electron chi connectivity index (χ2n) is 4.82. The van der Waals surface area contributed by atoms with E-state index in [1.807, 2.05) is 12.1 Å². The standard InChI is InChI=1S/C18H20ClN/c1-2-6-18(17-11-9-15(13-19)10-12-17)20-14-16-7-4-3-5-8-16/h2-5,7-12,18,20H,1,6,13-14H2. The molecule has 0 aromatic heterocycles. The third-order valence-electron chi connectivity index (χ3n) is 3.33. The molecule has 1 N–H and O–H groups in total. The van der Waals surface area contributed by atoms with Gasteiger partial charge in [0.05, 0.1) is 0 Å². The Bertz CT molecular complexity index is 519. The van der Waals surface area contributed by atoms with Crippen LogP contribution in [0.4, 0.5) is 0 Å². The van der Waals surface area contributed by atoms with Gasteiger partial charge in [0.15, 0.2) is 0 Å². The van der Waals surface area contributed by atoms with Crippen molar-refractivity contribution in [3.8, 4) is 0 Å². The zero-order valence-electron chi connectivity index (χ0n) is 11.6. The normalized spacial score (nSPS) is 12.1. The van der Waals surface area contributed by atoms with Crippen molar-refractivity contribution in [1.29, 1.82) is 0 Å². The summed E-state index contributed by atoms with van der Waals surface area (Å²) >= 11 is 5.83. The topological polar surface area (TPSA) is 12.0 Å². The Hall–Kier alpha value is -1.57. The fraction of sp³-hybridized carbons (Fsp3) is 0.222. The van der Waals surface area contributed by atoms with Gasteiger partial charge in [-0.2, -0.15) is 0 Å². The van der Waals surface area contributed by atoms with E-state index in [4.69, 9.17) is 11.6 Å². The average molecular weight is 286 g/mol. The van der Waals surface area contributed by atoms with Gasteiger partial charge in [-0.1, -0.05) is 60.7 Å². The first-order valence-corrected chi connectivity index (χ1v) is 7.40. The van der Waals surface area contributed by atoms with E-state index >= 15 is 0 Å². The first kappa shape index (κ1) is 14.8. The summed E-state index contributed by atoms with van der Waals surface area (Å²) in [4.78, 5) is 0. The molecule has 20 heavy (non-hydrogen) atoms. The second kappa shape index (κ2) is 7.88. The summed E-state index contributed by atoms with van der Waals surface area (Å²) < 4.78 is 0. The fourth-order valence-electron chi connectivity index (χ4n) is 2.18. The minimum Gasteiger partial charge on any atom is -0.306 e. The van der Waals surface area contributed by atoms with Gasteiger partial charge >= 0.3 is 0 Å². The summed E-state index contributed by atoms with van der Waals surface area (Å²) in [7, 11) is 0. The molecule has 2 heteroatoms. The van der Waals surface area contributed by atoms with Crippen molar-refractivity contribution in [2.24, 2.45) is 0 Å². The zero-order valence-corrected chi connectivity index (χ0v) is 12.3. The number of hydrogen-bond acceptors (Lipinski definition) is 1. The van der Waals surface area contributed by atoms with Crippen LogP contribution in [0.25, 0.3) is 0 Å². The van der Waals surface area contributed by atoms with Gasteiger partial charge in [0, 0.05) is 18.5 Å². The maximum absolute atomic E-state index is 5.83. The maximum atomic E-state index is 5.83. The van der Waals surface area contributed by atoms with E-state index in [-0.39, 0.29) is 6.04 Å². The molecule has 2 aromatic carbocycles. The SMILES string of the molecule is C=CCC(NCc1ccccc1)c1ccc(CCl)cc1. The van der Waals surface area contributed by atoms with Crippen molar-refractivity contribution in [2.75, 3.05) is 0 Å². The van der Waals surface area contributed by atoms with Crippen LogP contribution in [0.1, 0.15) is 29.2 Å². The Morgan fingerprint density at radius 2 is 1.70 bits per heavy atom. The molecule has 0 amide bonds. The molecular weight excluding hydrogens is 266 g/mol. The molecule has 0 spiro atoms. The van der Waals surface area contributed by atoms with Crippen LogP contribution in [-0.2, 0) is 12.4 Å². The van der Waals surface area contributed by atoms with E-state index in [0.29, 0.717) is 5.88 Å².